The molecule has 1 N–H and O–H groups in total. The van der Waals surface area contributed by atoms with E-state index in [4.69, 9.17) is 4.74 Å². The molecule has 0 aliphatic rings. The number of para-hydroxylation sites is 1. The van der Waals surface area contributed by atoms with Crippen molar-refractivity contribution in [3.8, 4) is 11.5 Å². The maximum atomic E-state index is 6.10. The van der Waals surface area contributed by atoms with Gasteiger partial charge in [-0.15, -0.1) is 0 Å². The van der Waals surface area contributed by atoms with Crippen molar-refractivity contribution >= 4 is 15.9 Å². The standard InChI is InChI=1S/C18H22BrNO/c1-18(2,3)15-7-5-6-8-17(15)21-14-10-9-13(12-20-4)16(19)11-14/h5-11,20H,12H2,1-4H3. The molecule has 0 fully saturated rings. The Morgan fingerprint density at radius 3 is 2.43 bits per heavy atom. The number of hydrogen-bond acceptors (Lipinski definition) is 2. The lowest BCUT2D eigenvalue weighted by Crippen LogP contribution is -2.12. The molecular formula is C18H22BrNO. The van der Waals surface area contributed by atoms with Crippen molar-refractivity contribution in [3.63, 3.8) is 0 Å². The number of hydrogen-bond donors (Lipinski definition) is 1. The number of nitrogens with one attached hydrogen (secondary N) is 1. The van der Waals surface area contributed by atoms with Crippen LogP contribution in [0.15, 0.2) is 46.9 Å². The Labute approximate surface area is 135 Å². The van der Waals surface area contributed by atoms with Gasteiger partial charge < -0.3 is 10.1 Å². The first-order valence-corrected chi connectivity index (χ1v) is 7.91. The van der Waals surface area contributed by atoms with Gasteiger partial charge in [0.1, 0.15) is 11.5 Å². The molecule has 0 spiro atoms. The third-order valence-electron chi connectivity index (χ3n) is 3.31. The molecular weight excluding hydrogens is 326 g/mol. The van der Waals surface area contributed by atoms with Crippen LogP contribution in [0.1, 0.15) is 31.9 Å². The van der Waals surface area contributed by atoms with Crippen molar-refractivity contribution in [3.05, 3.63) is 58.1 Å². The second-order valence-corrected chi connectivity index (χ2v) is 6.99. The third-order valence-corrected chi connectivity index (χ3v) is 4.05. The molecule has 0 radical (unpaired) electrons. The van der Waals surface area contributed by atoms with Gasteiger partial charge in [-0.2, -0.15) is 0 Å². The molecule has 0 aliphatic carbocycles. The van der Waals surface area contributed by atoms with E-state index in [1.54, 1.807) is 0 Å². The maximum absolute atomic E-state index is 6.10. The Morgan fingerprint density at radius 1 is 1.10 bits per heavy atom. The Hall–Kier alpha value is -1.32. The van der Waals surface area contributed by atoms with Gasteiger partial charge in [0.25, 0.3) is 0 Å². The van der Waals surface area contributed by atoms with Crippen LogP contribution in [0.2, 0.25) is 0 Å². The van der Waals surface area contributed by atoms with Gasteiger partial charge in [-0.1, -0.05) is 61.0 Å². The minimum absolute atomic E-state index is 0.0555. The molecule has 2 aromatic rings. The van der Waals surface area contributed by atoms with Crippen LogP contribution in [0.4, 0.5) is 0 Å². The van der Waals surface area contributed by atoms with Crippen molar-refractivity contribution in [1.82, 2.24) is 5.32 Å². The molecule has 0 unspecified atom stereocenters. The fourth-order valence-corrected chi connectivity index (χ4v) is 2.73. The van der Waals surface area contributed by atoms with Crippen LogP contribution in [-0.4, -0.2) is 7.05 Å². The predicted molar refractivity (Wildman–Crippen MR) is 92.1 cm³/mol. The summed E-state index contributed by atoms with van der Waals surface area (Å²) >= 11 is 3.60. The zero-order chi connectivity index (χ0) is 15.5. The molecule has 0 heterocycles. The van der Waals surface area contributed by atoms with Crippen LogP contribution in [0.25, 0.3) is 0 Å². The van der Waals surface area contributed by atoms with Crippen LogP contribution < -0.4 is 10.1 Å². The summed E-state index contributed by atoms with van der Waals surface area (Å²) in [5.74, 6) is 1.76. The van der Waals surface area contributed by atoms with Crippen LogP contribution in [0.5, 0.6) is 11.5 Å². The summed E-state index contributed by atoms with van der Waals surface area (Å²) in [4.78, 5) is 0. The van der Waals surface area contributed by atoms with Gasteiger partial charge in [0.15, 0.2) is 0 Å². The number of rotatable bonds is 4. The third kappa shape index (κ3) is 4.08. The van der Waals surface area contributed by atoms with Crippen molar-refractivity contribution in [2.75, 3.05) is 7.05 Å². The molecule has 0 amide bonds. The lowest BCUT2D eigenvalue weighted by atomic mass is 9.86. The van der Waals surface area contributed by atoms with E-state index in [-0.39, 0.29) is 5.41 Å². The monoisotopic (exact) mass is 347 g/mol. The molecule has 0 atom stereocenters. The summed E-state index contributed by atoms with van der Waals surface area (Å²) in [6.07, 6.45) is 0. The molecule has 3 heteroatoms. The summed E-state index contributed by atoms with van der Waals surface area (Å²) in [5.41, 5.74) is 2.48. The highest BCUT2D eigenvalue weighted by Crippen LogP contribution is 2.35. The summed E-state index contributed by atoms with van der Waals surface area (Å²) in [5, 5.41) is 3.15. The predicted octanol–water partition coefficient (Wildman–Crippen LogP) is 5.26. The van der Waals surface area contributed by atoms with Gasteiger partial charge in [-0.05, 0) is 36.2 Å². The van der Waals surface area contributed by atoms with E-state index in [9.17, 15) is 0 Å². The van der Waals surface area contributed by atoms with E-state index in [1.807, 2.05) is 31.3 Å². The Kier molecular flexibility index (Phi) is 5.07. The Morgan fingerprint density at radius 2 is 1.81 bits per heavy atom. The van der Waals surface area contributed by atoms with Crippen LogP contribution in [0, 0.1) is 0 Å². The van der Waals surface area contributed by atoms with E-state index in [1.165, 1.54) is 11.1 Å². The second kappa shape index (κ2) is 6.63. The average Bonchev–Trinajstić information content (AvgIpc) is 2.41. The highest BCUT2D eigenvalue weighted by Gasteiger charge is 2.18. The first-order valence-electron chi connectivity index (χ1n) is 7.12. The van der Waals surface area contributed by atoms with E-state index in [0.29, 0.717) is 0 Å². The molecule has 0 aromatic heterocycles. The van der Waals surface area contributed by atoms with Gasteiger partial charge in [0, 0.05) is 16.6 Å². The summed E-state index contributed by atoms with van der Waals surface area (Å²) in [6.45, 7) is 7.42. The van der Waals surface area contributed by atoms with Crippen molar-refractivity contribution in [2.45, 2.75) is 32.7 Å². The first-order chi connectivity index (χ1) is 9.91. The van der Waals surface area contributed by atoms with E-state index < -0.39 is 0 Å². The van der Waals surface area contributed by atoms with E-state index >= 15 is 0 Å². The number of halogens is 1. The molecule has 2 nitrogen and oxygen atoms in total. The maximum Gasteiger partial charge on any atom is 0.131 e. The SMILES string of the molecule is CNCc1ccc(Oc2ccccc2C(C)(C)C)cc1Br. The van der Waals surface area contributed by atoms with Gasteiger partial charge >= 0.3 is 0 Å². The van der Waals surface area contributed by atoms with Gasteiger partial charge in [0.2, 0.25) is 0 Å². The molecule has 2 rings (SSSR count). The topological polar surface area (TPSA) is 21.3 Å². The second-order valence-electron chi connectivity index (χ2n) is 6.13. The minimum Gasteiger partial charge on any atom is -0.457 e. The van der Waals surface area contributed by atoms with E-state index in [0.717, 1.165) is 22.5 Å². The van der Waals surface area contributed by atoms with Crippen LogP contribution in [0.3, 0.4) is 0 Å². The number of benzene rings is 2. The quantitative estimate of drug-likeness (QED) is 0.814. The minimum atomic E-state index is 0.0555. The molecule has 112 valence electrons. The van der Waals surface area contributed by atoms with Crippen molar-refractivity contribution in [2.24, 2.45) is 0 Å². The fraction of sp³-hybridized carbons (Fsp3) is 0.333. The molecule has 0 bridgehead atoms. The smallest absolute Gasteiger partial charge is 0.131 e. The fourth-order valence-electron chi connectivity index (χ4n) is 2.23. The van der Waals surface area contributed by atoms with Crippen LogP contribution in [-0.2, 0) is 12.0 Å². The van der Waals surface area contributed by atoms with Crippen molar-refractivity contribution < 1.29 is 4.74 Å². The zero-order valence-corrected chi connectivity index (χ0v) is 14.6. The summed E-state index contributed by atoms with van der Waals surface area (Å²) < 4.78 is 7.16. The number of ether oxygens (including phenoxy) is 1. The summed E-state index contributed by atoms with van der Waals surface area (Å²) in [6, 6.07) is 14.3. The molecule has 0 saturated carbocycles. The highest BCUT2D eigenvalue weighted by molar-refractivity contribution is 9.10. The van der Waals surface area contributed by atoms with Gasteiger partial charge in [0.05, 0.1) is 0 Å². The lowest BCUT2D eigenvalue weighted by Gasteiger charge is -2.22. The Balaban J connectivity index is 2.29. The largest absolute Gasteiger partial charge is 0.457 e. The molecule has 0 saturated heterocycles. The van der Waals surface area contributed by atoms with Gasteiger partial charge in [-0.3, -0.25) is 0 Å². The van der Waals surface area contributed by atoms with E-state index in [2.05, 4.69) is 60.2 Å². The lowest BCUT2D eigenvalue weighted by molar-refractivity contribution is 0.455. The van der Waals surface area contributed by atoms with Crippen molar-refractivity contribution in [1.29, 1.82) is 0 Å². The average molecular weight is 348 g/mol. The highest BCUT2D eigenvalue weighted by atomic mass is 79.9. The molecule has 0 aliphatic heterocycles. The van der Waals surface area contributed by atoms with Gasteiger partial charge in [-0.25, -0.2) is 0 Å². The Bertz CT molecular complexity index is 617. The summed E-state index contributed by atoms with van der Waals surface area (Å²) in [7, 11) is 1.94. The zero-order valence-electron chi connectivity index (χ0n) is 13.0. The molecule has 21 heavy (non-hydrogen) atoms. The van der Waals surface area contributed by atoms with Crippen LogP contribution >= 0.6 is 15.9 Å². The first kappa shape index (κ1) is 16.1. The molecule has 2 aromatic carbocycles. The normalized spacial score (nSPS) is 11.5.